The Bertz CT molecular complexity index is 712. The number of nitrogens with two attached hydrogens (primary N) is 1. The lowest BCUT2D eigenvalue weighted by molar-refractivity contribution is -0.138. The first-order chi connectivity index (χ1) is 14.4. The number of aliphatic carboxylic acids is 1. The molecule has 1 saturated heterocycles. The Hall–Kier alpha value is -2.69. The molecule has 1 fully saturated rings. The Morgan fingerprint density at radius 2 is 1.70 bits per heavy atom. The second-order valence-electron chi connectivity index (χ2n) is 7.14. The van der Waals surface area contributed by atoms with Crippen LogP contribution in [0.25, 0.3) is 0 Å². The predicted octanol–water partition coefficient (Wildman–Crippen LogP) is -0.894. The Morgan fingerprint density at radius 1 is 1.03 bits per heavy atom. The quantitative estimate of drug-likeness (QED) is 0.166. The normalized spacial score (nSPS) is 18.4. The highest BCUT2D eigenvalue weighted by Crippen LogP contribution is 2.22. The van der Waals surface area contributed by atoms with Gasteiger partial charge in [0.25, 0.3) is 5.91 Å². The maximum absolute atomic E-state index is 12.6. The summed E-state index contributed by atoms with van der Waals surface area (Å²) >= 11 is 0. The largest absolute Gasteiger partial charge is 0.508 e. The van der Waals surface area contributed by atoms with E-state index in [0.29, 0.717) is 13.1 Å². The van der Waals surface area contributed by atoms with Gasteiger partial charge in [0.1, 0.15) is 11.8 Å². The molecule has 1 aromatic rings. The van der Waals surface area contributed by atoms with Gasteiger partial charge in [-0.1, -0.05) is 12.1 Å². The number of phenols is 1. The molecule has 2 rings (SSSR count). The van der Waals surface area contributed by atoms with Crippen LogP contribution in [0.2, 0.25) is 0 Å². The average molecular weight is 422 g/mol. The monoisotopic (exact) mass is 422 g/mol. The van der Waals surface area contributed by atoms with Gasteiger partial charge in [-0.3, -0.25) is 9.59 Å². The highest BCUT2D eigenvalue weighted by atomic mass is 16.6. The summed E-state index contributed by atoms with van der Waals surface area (Å²) in [4.78, 5) is 35.8. The van der Waals surface area contributed by atoms with Crippen molar-refractivity contribution in [3.05, 3.63) is 29.8 Å². The summed E-state index contributed by atoms with van der Waals surface area (Å²) in [6, 6.07) is 5.41. The van der Waals surface area contributed by atoms with Crippen LogP contribution in [0.4, 0.5) is 0 Å². The van der Waals surface area contributed by atoms with Gasteiger partial charge in [-0.25, -0.2) is 4.79 Å². The van der Waals surface area contributed by atoms with Crippen molar-refractivity contribution in [3.63, 3.8) is 0 Å². The number of nitrogens with one attached hydrogen (secondary N) is 3. The molecule has 10 nitrogen and oxygen atoms in total. The molecule has 3 atom stereocenters. The maximum Gasteiger partial charge on any atom is 0.336 e. The Balaban J connectivity index is 1.83. The number of rotatable bonds is 14. The van der Waals surface area contributed by atoms with Crippen molar-refractivity contribution in [1.29, 1.82) is 0 Å². The first kappa shape index (κ1) is 23.6. The fraction of sp³-hybridized carbons (Fsp3) is 0.550. The molecule has 1 aliphatic rings. The highest BCUT2D eigenvalue weighted by Gasteiger charge is 2.51. The zero-order chi connectivity index (χ0) is 21.9. The predicted molar refractivity (Wildman–Crippen MR) is 109 cm³/mol. The summed E-state index contributed by atoms with van der Waals surface area (Å²) in [5.41, 5.74) is 6.17. The first-order valence-corrected chi connectivity index (χ1v) is 10.1. The Kier molecular flexibility index (Phi) is 9.52. The standard InChI is InChI=1S/C20H30N4O6/c21-8-3-10-22-9-1-2-11-23-18(26)15(12-13-4-6-14(25)7-5-13)24-19(27)16-17(30-16)20(28)29/h4-7,15-17,22,25H,1-3,8-12,21H2,(H,23,26)(H,24,27)(H,28,29). The van der Waals surface area contributed by atoms with Gasteiger partial charge < -0.3 is 36.6 Å². The smallest absolute Gasteiger partial charge is 0.336 e. The minimum Gasteiger partial charge on any atom is -0.508 e. The zero-order valence-corrected chi connectivity index (χ0v) is 16.8. The van der Waals surface area contributed by atoms with Gasteiger partial charge in [0.05, 0.1) is 0 Å². The van der Waals surface area contributed by atoms with Crippen molar-refractivity contribution in [2.24, 2.45) is 5.73 Å². The zero-order valence-electron chi connectivity index (χ0n) is 16.8. The summed E-state index contributed by atoms with van der Waals surface area (Å²) in [6.07, 6.45) is 0.516. The van der Waals surface area contributed by atoms with E-state index in [1.165, 1.54) is 12.1 Å². The van der Waals surface area contributed by atoms with Gasteiger partial charge in [0.15, 0.2) is 12.2 Å². The van der Waals surface area contributed by atoms with Crippen LogP contribution in [-0.4, -0.2) is 72.4 Å². The van der Waals surface area contributed by atoms with Crippen LogP contribution in [0.3, 0.4) is 0 Å². The van der Waals surface area contributed by atoms with Gasteiger partial charge in [-0.2, -0.15) is 0 Å². The molecule has 10 heteroatoms. The van der Waals surface area contributed by atoms with Crippen LogP contribution < -0.4 is 21.7 Å². The molecule has 0 spiro atoms. The van der Waals surface area contributed by atoms with E-state index in [1.807, 2.05) is 0 Å². The molecule has 1 aromatic carbocycles. The van der Waals surface area contributed by atoms with Gasteiger partial charge in [-0.05, 0) is 56.6 Å². The second-order valence-corrected chi connectivity index (χ2v) is 7.14. The average Bonchev–Trinajstić information content (AvgIpc) is 3.52. The van der Waals surface area contributed by atoms with Crippen molar-refractivity contribution in [2.45, 2.75) is 43.9 Å². The summed E-state index contributed by atoms with van der Waals surface area (Å²) < 4.78 is 4.85. The number of carboxylic acids is 1. The van der Waals surface area contributed by atoms with Crippen LogP contribution in [0.5, 0.6) is 5.75 Å². The molecular formula is C20H30N4O6. The number of amides is 2. The number of phenolic OH excluding ortho intramolecular Hbond substituents is 1. The van der Waals surface area contributed by atoms with E-state index >= 15 is 0 Å². The molecule has 2 amide bonds. The van der Waals surface area contributed by atoms with Gasteiger partial charge in [0, 0.05) is 13.0 Å². The number of benzene rings is 1. The van der Waals surface area contributed by atoms with E-state index in [4.69, 9.17) is 15.6 Å². The van der Waals surface area contributed by atoms with Crippen molar-refractivity contribution < 1.29 is 29.3 Å². The number of unbranched alkanes of at least 4 members (excludes halogenated alkanes) is 1. The molecule has 0 aromatic heterocycles. The van der Waals surface area contributed by atoms with Crippen LogP contribution in [0.1, 0.15) is 24.8 Å². The number of hydrogen-bond donors (Lipinski definition) is 6. The molecule has 0 bridgehead atoms. The van der Waals surface area contributed by atoms with Gasteiger partial charge in [-0.15, -0.1) is 0 Å². The van der Waals surface area contributed by atoms with Crippen molar-refractivity contribution in [3.8, 4) is 5.75 Å². The molecule has 30 heavy (non-hydrogen) atoms. The lowest BCUT2D eigenvalue weighted by atomic mass is 10.0. The van der Waals surface area contributed by atoms with Crippen molar-refractivity contribution in [1.82, 2.24) is 16.0 Å². The molecule has 3 unspecified atom stereocenters. The Labute approximate surface area is 175 Å². The maximum atomic E-state index is 12.6. The van der Waals surface area contributed by atoms with Crippen molar-refractivity contribution in [2.75, 3.05) is 26.2 Å². The van der Waals surface area contributed by atoms with Crippen LogP contribution in [0.15, 0.2) is 24.3 Å². The summed E-state index contributed by atoms with van der Waals surface area (Å²) in [6.45, 7) is 2.80. The number of carbonyl (C=O) groups excluding carboxylic acids is 2. The third-order valence-electron chi connectivity index (χ3n) is 4.64. The molecule has 0 saturated carbocycles. The highest BCUT2D eigenvalue weighted by molar-refractivity contribution is 5.95. The SMILES string of the molecule is NCCCNCCCCNC(=O)C(Cc1ccc(O)cc1)NC(=O)C1OC1C(=O)O. The molecule has 166 valence electrons. The van der Waals surface area contributed by atoms with Gasteiger partial charge in [0.2, 0.25) is 5.91 Å². The first-order valence-electron chi connectivity index (χ1n) is 10.1. The van der Waals surface area contributed by atoms with E-state index in [1.54, 1.807) is 12.1 Å². The lowest BCUT2D eigenvalue weighted by Gasteiger charge is -2.18. The third-order valence-corrected chi connectivity index (χ3v) is 4.64. The fourth-order valence-electron chi connectivity index (χ4n) is 2.89. The molecule has 7 N–H and O–H groups in total. The second kappa shape index (κ2) is 12.1. The lowest BCUT2D eigenvalue weighted by Crippen LogP contribution is -2.49. The fourth-order valence-corrected chi connectivity index (χ4v) is 2.89. The molecule has 1 aliphatic heterocycles. The third kappa shape index (κ3) is 7.97. The number of carbonyl (C=O) groups is 3. The van der Waals surface area contributed by atoms with Crippen molar-refractivity contribution >= 4 is 17.8 Å². The Morgan fingerprint density at radius 3 is 2.33 bits per heavy atom. The number of aromatic hydroxyl groups is 1. The van der Waals surface area contributed by atoms with Crippen LogP contribution >= 0.6 is 0 Å². The molecule has 1 heterocycles. The topological polar surface area (TPSA) is 166 Å². The van der Waals surface area contributed by atoms with Gasteiger partial charge >= 0.3 is 5.97 Å². The van der Waals surface area contributed by atoms with E-state index in [2.05, 4.69) is 16.0 Å². The van der Waals surface area contributed by atoms with Crippen LogP contribution in [0, 0.1) is 0 Å². The minimum atomic E-state index is -1.21. The minimum absolute atomic E-state index is 0.0968. The number of epoxide rings is 1. The van der Waals surface area contributed by atoms with E-state index < -0.39 is 30.1 Å². The summed E-state index contributed by atoms with van der Waals surface area (Å²) in [7, 11) is 0. The summed E-state index contributed by atoms with van der Waals surface area (Å²) in [5.74, 6) is -2.11. The number of ether oxygens (including phenoxy) is 1. The molecular weight excluding hydrogens is 392 g/mol. The molecule has 0 radical (unpaired) electrons. The van der Waals surface area contributed by atoms with E-state index in [0.717, 1.165) is 37.9 Å². The number of carboxylic acid groups (broad SMARTS) is 1. The number of hydrogen-bond acceptors (Lipinski definition) is 7. The molecule has 0 aliphatic carbocycles. The van der Waals surface area contributed by atoms with Crippen LogP contribution in [-0.2, 0) is 25.5 Å². The summed E-state index contributed by atoms with van der Waals surface area (Å²) in [5, 5.41) is 26.9. The van der Waals surface area contributed by atoms with E-state index in [9.17, 15) is 19.5 Å². The van der Waals surface area contributed by atoms with E-state index in [-0.39, 0.29) is 18.1 Å².